The SMILES string of the molecule is CCCCCCCCCC.COc1cc(O)ccc1N.COc1cc(O)ccc1N. The van der Waals surface area contributed by atoms with Crippen LogP contribution in [0.15, 0.2) is 36.4 Å². The van der Waals surface area contributed by atoms with E-state index in [4.69, 9.17) is 31.2 Å². The Kier molecular flexibility index (Phi) is 15.6. The summed E-state index contributed by atoms with van der Waals surface area (Å²) < 4.78 is 9.68. The van der Waals surface area contributed by atoms with Crippen LogP contribution >= 0.6 is 0 Å². The Morgan fingerprint density at radius 3 is 1.23 bits per heavy atom. The minimum atomic E-state index is 0.158. The number of aromatic hydroxyl groups is 2. The van der Waals surface area contributed by atoms with Gasteiger partial charge in [0.05, 0.1) is 25.6 Å². The molecule has 0 saturated carbocycles. The summed E-state index contributed by atoms with van der Waals surface area (Å²) in [4.78, 5) is 0. The van der Waals surface area contributed by atoms with E-state index in [0.717, 1.165) is 0 Å². The fourth-order valence-corrected chi connectivity index (χ4v) is 2.61. The fourth-order valence-electron chi connectivity index (χ4n) is 2.61. The zero-order valence-corrected chi connectivity index (χ0v) is 19.0. The topological polar surface area (TPSA) is 111 Å². The molecule has 0 heterocycles. The number of methoxy groups -OCH3 is 2. The molecule has 0 aliphatic rings. The summed E-state index contributed by atoms with van der Waals surface area (Å²) in [6.07, 6.45) is 11.5. The van der Waals surface area contributed by atoms with Crippen molar-refractivity contribution in [1.29, 1.82) is 0 Å². The summed E-state index contributed by atoms with van der Waals surface area (Å²) in [6.45, 7) is 4.54. The van der Waals surface area contributed by atoms with Gasteiger partial charge in [-0.25, -0.2) is 0 Å². The average Bonchev–Trinajstić information content (AvgIpc) is 2.75. The summed E-state index contributed by atoms with van der Waals surface area (Å²) >= 11 is 0. The normalized spacial score (nSPS) is 9.60. The number of unbranched alkanes of at least 4 members (excludes halogenated alkanes) is 7. The molecule has 0 spiro atoms. The van der Waals surface area contributed by atoms with Crippen LogP contribution in [0.4, 0.5) is 11.4 Å². The summed E-state index contributed by atoms with van der Waals surface area (Å²) in [5.74, 6) is 1.32. The number of hydrogen-bond donors (Lipinski definition) is 4. The second kappa shape index (κ2) is 17.1. The van der Waals surface area contributed by atoms with E-state index < -0.39 is 0 Å². The zero-order valence-electron chi connectivity index (χ0n) is 19.0. The average molecular weight is 421 g/mol. The van der Waals surface area contributed by atoms with E-state index in [0.29, 0.717) is 22.9 Å². The first-order chi connectivity index (χ1) is 14.4. The van der Waals surface area contributed by atoms with Crippen LogP contribution in [0, 0.1) is 0 Å². The van der Waals surface area contributed by atoms with Gasteiger partial charge >= 0.3 is 0 Å². The van der Waals surface area contributed by atoms with Gasteiger partial charge in [0.25, 0.3) is 0 Å². The number of phenolic OH excluding ortho intramolecular Hbond substituents is 2. The summed E-state index contributed by atoms with van der Waals surface area (Å²) in [5, 5.41) is 17.9. The molecule has 6 N–H and O–H groups in total. The van der Waals surface area contributed by atoms with E-state index >= 15 is 0 Å². The third-order valence-corrected chi connectivity index (χ3v) is 4.39. The Hall–Kier alpha value is -2.76. The largest absolute Gasteiger partial charge is 0.508 e. The highest BCUT2D eigenvalue weighted by Crippen LogP contribution is 2.25. The van der Waals surface area contributed by atoms with Gasteiger partial charge in [0.2, 0.25) is 0 Å². The second-order valence-corrected chi connectivity index (χ2v) is 6.97. The molecule has 2 aromatic rings. The fraction of sp³-hybridized carbons (Fsp3) is 0.500. The van der Waals surface area contributed by atoms with Crippen LogP contribution in [0.3, 0.4) is 0 Å². The number of nitrogen functional groups attached to an aromatic ring is 2. The van der Waals surface area contributed by atoms with Gasteiger partial charge in [-0.3, -0.25) is 0 Å². The molecule has 0 fully saturated rings. The Morgan fingerprint density at radius 1 is 0.633 bits per heavy atom. The first-order valence-corrected chi connectivity index (χ1v) is 10.6. The molecule has 6 nitrogen and oxygen atoms in total. The van der Waals surface area contributed by atoms with Crippen molar-refractivity contribution in [3.05, 3.63) is 36.4 Å². The lowest BCUT2D eigenvalue weighted by molar-refractivity contribution is 0.409. The quantitative estimate of drug-likeness (QED) is 0.221. The molecular weight excluding hydrogens is 380 g/mol. The molecular formula is C24H40N2O4. The van der Waals surface area contributed by atoms with Gasteiger partial charge in [0.15, 0.2) is 0 Å². The van der Waals surface area contributed by atoms with E-state index in [1.807, 2.05) is 0 Å². The van der Waals surface area contributed by atoms with Crippen LogP contribution in [0.1, 0.15) is 65.2 Å². The molecule has 0 atom stereocenters. The highest BCUT2D eigenvalue weighted by molar-refractivity contribution is 5.55. The third-order valence-electron chi connectivity index (χ3n) is 4.39. The molecule has 2 rings (SSSR count). The molecule has 170 valence electrons. The molecule has 6 heteroatoms. The van der Waals surface area contributed by atoms with Crippen molar-refractivity contribution in [3.8, 4) is 23.0 Å². The Morgan fingerprint density at radius 2 is 0.967 bits per heavy atom. The van der Waals surface area contributed by atoms with Gasteiger partial charge in [-0.05, 0) is 24.3 Å². The monoisotopic (exact) mass is 420 g/mol. The van der Waals surface area contributed by atoms with E-state index in [2.05, 4.69) is 13.8 Å². The van der Waals surface area contributed by atoms with Gasteiger partial charge in [-0.1, -0.05) is 65.2 Å². The molecule has 0 aromatic heterocycles. The van der Waals surface area contributed by atoms with Crippen LogP contribution in [-0.4, -0.2) is 24.4 Å². The molecule has 30 heavy (non-hydrogen) atoms. The number of hydrogen-bond acceptors (Lipinski definition) is 6. The maximum atomic E-state index is 8.93. The van der Waals surface area contributed by atoms with Crippen LogP contribution in [0.5, 0.6) is 23.0 Å². The number of anilines is 2. The smallest absolute Gasteiger partial charge is 0.145 e. The highest BCUT2D eigenvalue weighted by atomic mass is 16.5. The number of ether oxygens (including phenoxy) is 2. The maximum absolute atomic E-state index is 8.93. The predicted molar refractivity (Wildman–Crippen MR) is 126 cm³/mol. The highest BCUT2D eigenvalue weighted by Gasteiger charge is 1.98. The predicted octanol–water partition coefficient (Wildman–Crippen LogP) is 6.11. The number of rotatable bonds is 9. The van der Waals surface area contributed by atoms with Crippen molar-refractivity contribution in [3.63, 3.8) is 0 Å². The first-order valence-electron chi connectivity index (χ1n) is 10.6. The van der Waals surface area contributed by atoms with Crippen LogP contribution in [0.25, 0.3) is 0 Å². The van der Waals surface area contributed by atoms with Crippen molar-refractivity contribution >= 4 is 11.4 Å². The number of benzene rings is 2. The maximum Gasteiger partial charge on any atom is 0.145 e. The lowest BCUT2D eigenvalue weighted by Crippen LogP contribution is -1.90. The molecule has 0 saturated heterocycles. The van der Waals surface area contributed by atoms with Crippen molar-refractivity contribution in [2.45, 2.75) is 65.2 Å². The van der Waals surface area contributed by atoms with Crippen molar-refractivity contribution in [2.75, 3.05) is 25.7 Å². The number of nitrogens with two attached hydrogens (primary N) is 2. The summed E-state index contributed by atoms with van der Waals surface area (Å²) in [5.41, 5.74) is 12.0. The minimum absolute atomic E-state index is 0.158. The lowest BCUT2D eigenvalue weighted by Gasteiger charge is -2.02. The number of phenols is 2. The van der Waals surface area contributed by atoms with Crippen LogP contribution in [0.2, 0.25) is 0 Å². The van der Waals surface area contributed by atoms with Crippen molar-refractivity contribution in [2.24, 2.45) is 0 Å². The molecule has 0 amide bonds. The molecule has 0 aliphatic heterocycles. The van der Waals surface area contributed by atoms with Gasteiger partial charge in [0, 0.05) is 12.1 Å². The Bertz CT molecular complexity index is 633. The molecule has 2 aromatic carbocycles. The van der Waals surface area contributed by atoms with E-state index in [1.54, 1.807) is 12.1 Å². The lowest BCUT2D eigenvalue weighted by atomic mass is 10.1. The van der Waals surface area contributed by atoms with Gasteiger partial charge < -0.3 is 31.2 Å². The van der Waals surface area contributed by atoms with E-state index in [1.165, 1.54) is 89.9 Å². The standard InChI is InChI=1S/C10H22.2C7H9NO2/c1-3-5-7-9-10-8-6-4-2;2*1-10-7-4-5(9)2-3-6(7)8/h3-10H2,1-2H3;2*2-4,9H,8H2,1H3. The van der Waals surface area contributed by atoms with E-state index in [-0.39, 0.29) is 11.5 Å². The zero-order chi connectivity index (χ0) is 22.8. The van der Waals surface area contributed by atoms with Crippen molar-refractivity contribution < 1.29 is 19.7 Å². The van der Waals surface area contributed by atoms with E-state index in [9.17, 15) is 0 Å². The van der Waals surface area contributed by atoms with Gasteiger partial charge in [-0.15, -0.1) is 0 Å². The minimum Gasteiger partial charge on any atom is -0.508 e. The van der Waals surface area contributed by atoms with Crippen LogP contribution in [-0.2, 0) is 0 Å². The molecule has 0 aliphatic carbocycles. The van der Waals surface area contributed by atoms with Crippen LogP contribution < -0.4 is 20.9 Å². The molecule has 0 bridgehead atoms. The Labute approximate surface area is 181 Å². The van der Waals surface area contributed by atoms with Crippen molar-refractivity contribution in [1.82, 2.24) is 0 Å². The molecule has 0 radical (unpaired) electrons. The molecule has 0 unspecified atom stereocenters. The summed E-state index contributed by atoms with van der Waals surface area (Å²) in [7, 11) is 3.01. The van der Waals surface area contributed by atoms with Gasteiger partial charge in [-0.2, -0.15) is 0 Å². The first kappa shape index (κ1) is 27.2. The second-order valence-electron chi connectivity index (χ2n) is 6.97. The Balaban J connectivity index is 0.000000420. The third kappa shape index (κ3) is 12.6. The van der Waals surface area contributed by atoms with Gasteiger partial charge in [0.1, 0.15) is 23.0 Å². The summed E-state index contributed by atoms with van der Waals surface area (Å²) in [6, 6.07) is 9.14.